The minimum atomic E-state index is 0.555. The highest BCUT2D eigenvalue weighted by atomic mass is 35.5. The zero-order valence-corrected chi connectivity index (χ0v) is 14.0. The van der Waals surface area contributed by atoms with E-state index in [1.54, 1.807) is 0 Å². The first-order chi connectivity index (χ1) is 12.3. The van der Waals surface area contributed by atoms with E-state index in [1.807, 2.05) is 48.5 Å². The molecule has 1 aliphatic heterocycles. The predicted molar refractivity (Wildman–Crippen MR) is 97.5 cm³/mol. The number of aromatic nitrogens is 2. The van der Waals surface area contributed by atoms with E-state index in [4.69, 9.17) is 21.1 Å². The molecule has 0 unspecified atom stereocenters. The van der Waals surface area contributed by atoms with Crippen molar-refractivity contribution >= 4 is 34.6 Å². The van der Waals surface area contributed by atoms with Crippen LogP contribution in [0.3, 0.4) is 0 Å². The summed E-state index contributed by atoms with van der Waals surface area (Å²) in [5, 5.41) is 7.14. The van der Waals surface area contributed by atoms with Gasteiger partial charge in [-0.1, -0.05) is 11.6 Å². The van der Waals surface area contributed by atoms with Gasteiger partial charge in [0.25, 0.3) is 0 Å². The van der Waals surface area contributed by atoms with Crippen molar-refractivity contribution in [1.29, 1.82) is 0 Å². The zero-order chi connectivity index (χ0) is 17.1. The van der Waals surface area contributed by atoms with E-state index in [0.29, 0.717) is 29.9 Å². The van der Waals surface area contributed by atoms with E-state index in [0.717, 1.165) is 22.9 Å². The lowest BCUT2D eigenvalue weighted by molar-refractivity contribution is 0.171. The van der Waals surface area contributed by atoms with Crippen LogP contribution >= 0.6 is 11.6 Å². The van der Waals surface area contributed by atoms with Crippen molar-refractivity contribution in [2.45, 2.75) is 0 Å². The van der Waals surface area contributed by atoms with Crippen molar-refractivity contribution in [3.63, 3.8) is 0 Å². The van der Waals surface area contributed by atoms with Gasteiger partial charge in [0.2, 0.25) is 0 Å². The summed E-state index contributed by atoms with van der Waals surface area (Å²) in [4.78, 5) is 8.48. The van der Waals surface area contributed by atoms with Crippen LogP contribution in [-0.2, 0) is 0 Å². The van der Waals surface area contributed by atoms with Crippen molar-refractivity contribution in [2.24, 2.45) is 0 Å². The highest BCUT2D eigenvalue weighted by molar-refractivity contribution is 6.30. The van der Waals surface area contributed by atoms with Crippen LogP contribution in [-0.4, -0.2) is 23.2 Å². The van der Waals surface area contributed by atoms with Crippen LogP contribution in [0.5, 0.6) is 11.5 Å². The number of ether oxygens (including phenoxy) is 2. The summed E-state index contributed by atoms with van der Waals surface area (Å²) >= 11 is 5.90. The van der Waals surface area contributed by atoms with Gasteiger partial charge in [-0.05, 0) is 36.4 Å². The molecule has 0 saturated heterocycles. The molecule has 7 heteroatoms. The molecular weight excluding hydrogens is 340 g/mol. The number of nitrogens with zero attached hydrogens (tertiary/aromatic N) is 2. The van der Waals surface area contributed by atoms with Gasteiger partial charge in [0.1, 0.15) is 31.2 Å². The van der Waals surface area contributed by atoms with Gasteiger partial charge < -0.3 is 20.1 Å². The Bertz CT molecular complexity index is 886. The zero-order valence-electron chi connectivity index (χ0n) is 13.2. The highest BCUT2D eigenvalue weighted by Crippen LogP contribution is 2.33. The Balaban J connectivity index is 1.50. The standard InChI is InChI=1S/C18H15ClN4O2/c19-12-1-3-13(4-2-12)22-17-10-18(21-11-20-17)23-14-5-6-15-16(9-14)25-8-7-24-15/h1-6,9-11H,7-8H2,(H2,20,21,22,23). The number of halogens is 1. The van der Waals surface area contributed by atoms with E-state index in [-0.39, 0.29) is 0 Å². The summed E-state index contributed by atoms with van der Waals surface area (Å²) in [6.45, 7) is 1.13. The molecule has 2 N–H and O–H groups in total. The number of nitrogens with one attached hydrogen (secondary N) is 2. The van der Waals surface area contributed by atoms with Crippen molar-refractivity contribution in [3.8, 4) is 11.5 Å². The third kappa shape index (κ3) is 3.75. The number of hydrogen-bond acceptors (Lipinski definition) is 6. The normalized spacial score (nSPS) is 12.5. The van der Waals surface area contributed by atoms with Gasteiger partial charge >= 0.3 is 0 Å². The van der Waals surface area contributed by atoms with Crippen LogP contribution < -0.4 is 20.1 Å². The fourth-order valence-electron chi connectivity index (χ4n) is 2.44. The molecule has 1 aliphatic rings. The predicted octanol–water partition coefficient (Wildman–Crippen LogP) is 4.39. The molecule has 0 bridgehead atoms. The molecule has 126 valence electrons. The first kappa shape index (κ1) is 15.5. The molecule has 4 rings (SSSR count). The first-order valence-electron chi connectivity index (χ1n) is 7.77. The molecule has 3 aromatic rings. The van der Waals surface area contributed by atoms with Crippen LogP contribution in [0.4, 0.5) is 23.0 Å². The smallest absolute Gasteiger partial charge is 0.163 e. The van der Waals surface area contributed by atoms with Gasteiger partial charge in [0, 0.05) is 28.5 Å². The number of fused-ring (bicyclic) bond motifs is 1. The molecule has 1 aromatic heterocycles. The van der Waals surface area contributed by atoms with Crippen LogP contribution in [0.1, 0.15) is 0 Å². The first-order valence-corrected chi connectivity index (χ1v) is 8.15. The molecule has 0 saturated carbocycles. The maximum Gasteiger partial charge on any atom is 0.163 e. The summed E-state index contributed by atoms with van der Waals surface area (Å²) < 4.78 is 11.1. The molecule has 25 heavy (non-hydrogen) atoms. The molecule has 0 amide bonds. The van der Waals surface area contributed by atoms with E-state index in [1.165, 1.54) is 6.33 Å². The molecular formula is C18H15ClN4O2. The van der Waals surface area contributed by atoms with E-state index >= 15 is 0 Å². The summed E-state index contributed by atoms with van der Waals surface area (Å²) in [7, 11) is 0. The summed E-state index contributed by atoms with van der Waals surface area (Å²) in [6, 6.07) is 14.9. The SMILES string of the molecule is Clc1ccc(Nc2cc(Nc3ccc4c(c3)OCCO4)ncn2)cc1. The number of rotatable bonds is 4. The van der Waals surface area contributed by atoms with Crippen LogP contribution in [0.15, 0.2) is 54.9 Å². The monoisotopic (exact) mass is 354 g/mol. The largest absolute Gasteiger partial charge is 0.486 e. The molecule has 0 spiro atoms. The Morgan fingerprint density at radius 2 is 1.40 bits per heavy atom. The van der Waals surface area contributed by atoms with Crippen molar-refractivity contribution < 1.29 is 9.47 Å². The number of anilines is 4. The molecule has 0 atom stereocenters. The lowest BCUT2D eigenvalue weighted by atomic mass is 10.2. The van der Waals surface area contributed by atoms with Crippen molar-refractivity contribution in [2.75, 3.05) is 23.8 Å². The molecule has 2 aromatic carbocycles. The average Bonchev–Trinajstić information content (AvgIpc) is 2.64. The van der Waals surface area contributed by atoms with Gasteiger partial charge in [0.15, 0.2) is 11.5 Å². The van der Waals surface area contributed by atoms with E-state index in [2.05, 4.69) is 20.6 Å². The Hall–Kier alpha value is -2.99. The molecule has 2 heterocycles. The Labute approximate surface area is 149 Å². The maximum atomic E-state index is 5.90. The minimum Gasteiger partial charge on any atom is -0.486 e. The van der Waals surface area contributed by atoms with Gasteiger partial charge in [0.05, 0.1) is 0 Å². The third-order valence-electron chi connectivity index (χ3n) is 3.60. The topological polar surface area (TPSA) is 68.3 Å². The van der Waals surface area contributed by atoms with Gasteiger partial charge in [-0.2, -0.15) is 0 Å². The van der Waals surface area contributed by atoms with Gasteiger partial charge in [-0.15, -0.1) is 0 Å². The maximum absolute atomic E-state index is 5.90. The summed E-state index contributed by atoms with van der Waals surface area (Å²) in [5.74, 6) is 2.83. The second-order valence-electron chi connectivity index (χ2n) is 5.40. The van der Waals surface area contributed by atoms with E-state index < -0.39 is 0 Å². The van der Waals surface area contributed by atoms with E-state index in [9.17, 15) is 0 Å². The second kappa shape index (κ2) is 6.86. The summed E-state index contributed by atoms with van der Waals surface area (Å²) in [6.07, 6.45) is 1.50. The quantitative estimate of drug-likeness (QED) is 0.724. The van der Waals surface area contributed by atoms with Gasteiger partial charge in [-0.3, -0.25) is 0 Å². The third-order valence-corrected chi connectivity index (χ3v) is 3.85. The minimum absolute atomic E-state index is 0.555. The number of benzene rings is 2. The average molecular weight is 355 g/mol. The Morgan fingerprint density at radius 3 is 2.16 bits per heavy atom. The summed E-state index contributed by atoms with van der Waals surface area (Å²) in [5.41, 5.74) is 1.76. The van der Waals surface area contributed by atoms with Crippen LogP contribution in [0.2, 0.25) is 5.02 Å². The Kier molecular flexibility index (Phi) is 4.26. The fraction of sp³-hybridized carbons (Fsp3) is 0.111. The molecule has 0 radical (unpaired) electrons. The fourth-order valence-corrected chi connectivity index (χ4v) is 2.57. The lowest BCUT2D eigenvalue weighted by Gasteiger charge is -2.19. The highest BCUT2D eigenvalue weighted by Gasteiger charge is 2.12. The second-order valence-corrected chi connectivity index (χ2v) is 5.84. The Morgan fingerprint density at radius 1 is 0.760 bits per heavy atom. The molecule has 0 fully saturated rings. The van der Waals surface area contributed by atoms with Crippen molar-refractivity contribution in [3.05, 3.63) is 59.9 Å². The van der Waals surface area contributed by atoms with Gasteiger partial charge in [-0.25, -0.2) is 9.97 Å². The van der Waals surface area contributed by atoms with Crippen molar-refractivity contribution in [1.82, 2.24) is 9.97 Å². The number of hydrogen-bond donors (Lipinski definition) is 2. The molecule has 0 aliphatic carbocycles. The van der Waals surface area contributed by atoms with Crippen LogP contribution in [0.25, 0.3) is 0 Å². The molecule has 6 nitrogen and oxygen atoms in total. The lowest BCUT2D eigenvalue weighted by Crippen LogP contribution is -2.15. The van der Waals surface area contributed by atoms with Crippen LogP contribution in [0, 0.1) is 0 Å².